The molecule has 0 spiro atoms. The first-order valence-electron chi connectivity index (χ1n) is 18.8. The molecule has 0 aliphatic rings. The van der Waals surface area contributed by atoms with Gasteiger partial charge in [-0.2, -0.15) is 4.57 Å². The van der Waals surface area contributed by atoms with Crippen LogP contribution in [0.1, 0.15) is 11.1 Å². The van der Waals surface area contributed by atoms with E-state index in [1.165, 1.54) is 31.9 Å². The Morgan fingerprint density at radius 3 is 0.985 bits per heavy atom. The van der Waals surface area contributed by atoms with Crippen molar-refractivity contribution in [3.05, 3.63) is 206 Å². The van der Waals surface area contributed by atoms with Crippen LogP contribution >= 0.6 is 11.3 Å². The lowest BCUT2D eigenvalue weighted by atomic mass is 9.12. The van der Waals surface area contributed by atoms with Gasteiger partial charge in [-0.25, -0.2) is 87.8 Å². The van der Waals surface area contributed by atoms with E-state index in [4.69, 9.17) is 0 Å². The summed E-state index contributed by atoms with van der Waals surface area (Å²) in [5, 5.41) is 1.31. The molecule has 0 radical (unpaired) electrons. The van der Waals surface area contributed by atoms with Crippen molar-refractivity contribution in [3.8, 4) is 10.6 Å². The molecule has 0 amide bonds. The van der Waals surface area contributed by atoms with Gasteiger partial charge in [0.05, 0.1) is 5.56 Å². The van der Waals surface area contributed by atoms with Crippen LogP contribution < -0.4 is 26.4 Å². The zero-order chi connectivity index (χ0) is 50.0. The number of hydrogen-bond acceptors (Lipinski definition) is 1. The summed E-state index contributed by atoms with van der Waals surface area (Å²) >= 11 is 1.87. The molecule has 1 nitrogen and oxygen atoms in total. The summed E-state index contributed by atoms with van der Waals surface area (Å²) in [5.41, 5.74) is -9.12. The van der Waals surface area contributed by atoms with E-state index in [1.54, 1.807) is 0 Å². The van der Waals surface area contributed by atoms with Gasteiger partial charge in [0.1, 0.15) is 57.4 Å². The van der Waals surface area contributed by atoms with Crippen molar-refractivity contribution in [2.45, 2.75) is 13.5 Å². The van der Waals surface area contributed by atoms with Crippen LogP contribution in [0.3, 0.4) is 0 Å². The fourth-order valence-electron chi connectivity index (χ4n) is 7.74. The van der Waals surface area contributed by atoms with Crippen molar-refractivity contribution >= 4 is 49.6 Å². The van der Waals surface area contributed by atoms with Crippen LogP contribution in [0.15, 0.2) is 78.9 Å². The van der Waals surface area contributed by atoms with Crippen molar-refractivity contribution in [2.75, 3.05) is 0 Å². The maximum atomic E-state index is 15.4. The average molecular weight is 995 g/mol. The van der Waals surface area contributed by atoms with E-state index in [2.05, 4.69) is 90.4 Å². The van der Waals surface area contributed by atoms with Crippen LogP contribution in [0.4, 0.5) is 87.8 Å². The number of benzene rings is 7. The minimum atomic E-state index is -7.22. The fourth-order valence-corrected chi connectivity index (χ4v) is 8.91. The zero-order valence-electron chi connectivity index (χ0n) is 33.2. The summed E-state index contributed by atoms with van der Waals surface area (Å²) in [7, 11) is 0. The van der Waals surface area contributed by atoms with Crippen molar-refractivity contribution in [3.63, 3.8) is 0 Å². The minimum Gasteiger partial charge on any atom is -0.207 e. The molecule has 8 rings (SSSR count). The van der Waals surface area contributed by atoms with E-state index in [0.29, 0.717) is 0 Å². The number of halogens is 20. The van der Waals surface area contributed by atoms with Gasteiger partial charge in [0.25, 0.3) is 5.01 Å². The molecular formula is C45H18BF20NS. The van der Waals surface area contributed by atoms with Crippen LogP contribution in [0.5, 0.6) is 0 Å². The first-order chi connectivity index (χ1) is 32.0. The van der Waals surface area contributed by atoms with E-state index in [-0.39, 0.29) is 0 Å². The molecule has 0 saturated carbocycles. The molecule has 1 aromatic heterocycles. The third-order valence-corrected chi connectivity index (χ3v) is 12.0. The van der Waals surface area contributed by atoms with Gasteiger partial charge < -0.3 is 0 Å². The summed E-state index contributed by atoms with van der Waals surface area (Å²) < 4.78 is 298. The Labute approximate surface area is 371 Å². The second kappa shape index (κ2) is 18.3. The molecule has 0 N–H and O–H groups in total. The molecular weight excluding hydrogens is 977 g/mol. The average Bonchev–Trinajstić information content (AvgIpc) is 3.69. The first-order valence-corrected chi connectivity index (χ1v) is 19.6. The summed E-state index contributed by atoms with van der Waals surface area (Å²) in [5.74, 6) is -71.4. The third-order valence-electron chi connectivity index (χ3n) is 10.8. The van der Waals surface area contributed by atoms with Gasteiger partial charge in [-0.15, -0.1) is 21.9 Å². The lowest BCUT2D eigenvalue weighted by Crippen LogP contribution is -2.81. The highest BCUT2D eigenvalue weighted by Gasteiger charge is 2.52. The zero-order valence-corrected chi connectivity index (χ0v) is 34.0. The SMILES string of the molecule is Cc1ccc(-c2sc3ccccc3[n+]2Cc2ccccc2)cc1.Fc1c(F)c(F)c([B-](c2c(F)c(F)c(F)c(F)c2F)(c2c(F)c(F)c(F)c(F)c2F)c2c(F)c(F)c(F)c(F)c2F)c(F)c1F. The maximum Gasteiger partial charge on any atom is 0.270 e. The van der Waals surface area contributed by atoms with Crippen LogP contribution in [-0.4, -0.2) is 6.15 Å². The largest absolute Gasteiger partial charge is 0.270 e. The van der Waals surface area contributed by atoms with Gasteiger partial charge in [0.2, 0.25) is 5.52 Å². The number of aryl methyl sites for hydroxylation is 1. The number of rotatable bonds is 7. The predicted molar refractivity (Wildman–Crippen MR) is 207 cm³/mol. The third kappa shape index (κ3) is 7.59. The highest BCUT2D eigenvalue weighted by molar-refractivity contribution is 7.21. The van der Waals surface area contributed by atoms with Gasteiger partial charge in [-0.05, 0) is 25.1 Å². The number of fused-ring (bicyclic) bond motifs is 1. The molecule has 68 heavy (non-hydrogen) atoms. The number of nitrogens with zero attached hydrogens (tertiary/aromatic N) is 1. The Morgan fingerprint density at radius 1 is 0.353 bits per heavy atom. The van der Waals surface area contributed by atoms with Gasteiger partial charge in [0.15, 0.2) is 76.4 Å². The van der Waals surface area contributed by atoms with E-state index in [0.717, 1.165) is 6.54 Å². The Hall–Kier alpha value is -6.91. The van der Waals surface area contributed by atoms with Gasteiger partial charge in [-0.3, -0.25) is 0 Å². The number of para-hydroxylation sites is 1. The van der Waals surface area contributed by atoms with Gasteiger partial charge in [0, 0.05) is 11.6 Å². The van der Waals surface area contributed by atoms with Crippen molar-refractivity contribution in [2.24, 2.45) is 0 Å². The molecule has 0 unspecified atom stereocenters. The van der Waals surface area contributed by atoms with Gasteiger partial charge in [-0.1, -0.05) is 71.5 Å². The summed E-state index contributed by atoms with van der Waals surface area (Å²) in [4.78, 5) is 0. The second-order valence-electron chi connectivity index (χ2n) is 14.6. The van der Waals surface area contributed by atoms with Crippen LogP contribution in [0.2, 0.25) is 0 Å². The predicted octanol–water partition coefficient (Wildman–Crippen LogP) is 11.1. The first kappa shape index (κ1) is 49.0. The lowest BCUT2D eigenvalue weighted by molar-refractivity contribution is -0.647. The molecule has 0 aliphatic carbocycles. The number of thiazole rings is 1. The van der Waals surface area contributed by atoms with Gasteiger partial charge >= 0.3 is 0 Å². The Morgan fingerprint density at radius 2 is 0.647 bits per heavy atom. The minimum absolute atomic E-state index is 0.897. The number of aromatic nitrogens is 1. The molecule has 1 heterocycles. The second-order valence-corrected chi connectivity index (χ2v) is 15.6. The molecule has 0 fully saturated rings. The lowest BCUT2D eigenvalue weighted by Gasteiger charge is -2.44. The monoisotopic (exact) mass is 995 g/mol. The Kier molecular flexibility index (Phi) is 13.2. The number of hydrogen-bond donors (Lipinski definition) is 0. The van der Waals surface area contributed by atoms with Crippen molar-refractivity contribution in [1.82, 2.24) is 0 Å². The van der Waals surface area contributed by atoms with Crippen molar-refractivity contribution < 1.29 is 92.4 Å². The molecule has 0 bridgehead atoms. The van der Waals surface area contributed by atoms with E-state index < -0.39 is 144 Å². The molecule has 0 atom stereocenters. The van der Waals surface area contributed by atoms with E-state index >= 15 is 35.1 Å². The quantitative estimate of drug-likeness (QED) is 0.0493. The molecule has 23 heteroatoms. The van der Waals surface area contributed by atoms with Crippen LogP contribution in [0.25, 0.3) is 20.8 Å². The van der Waals surface area contributed by atoms with E-state index in [9.17, 15) is 52.7 Å². The standard InChI is InChI=1S/C24BF20.C21H18NS/c26-5-1(6(27)14(35)21(42)13(5)34)25(2-7(28)15(36)22(43)16(37)8(2)29,3-9(30)17(38)23(44)18(39)10(3)31)4-11(32)19(40)24(45)20(41)12(4)33;1-16-11-13-18(14-12-16)21-22(15-17-7-3-2-4-8-17)19-9-5-6-10-20(19)23-21/h;2-14H,15H2,1H3/q-1;+1. The molecule has 8 aromatic rings. The highest BCUT2D eigenvalue weighted by Crippen LogP contribution is 2.32. The maximum absolute atomic E-state index is 15.4. The molecule has 352 valence electrons. The van der Waals surface area contributed by atoms with Crippen molar-refractivity contribution in [1.29, 1.82) is 0 Å². The Balaban J connectivity index is 0.000000246. The Bertz CT molecular complexity index is 2940. The normalized spacial score (nSPS) is 11.7. The van der Waals surface area contributed by atoms with Crippen LogP contribution in [0, 0.1) is 123 Å². The van der Waals surface area contributed by atoms with Crippen LogP contribution in [-0.2, 0) is 6.54 Å². The summed E-state index contributed by atoms with van der Waals surface area (Å²) in [6.45, 7) is 3.03. The summed E-state index contributed by atoms with van der Waals surface area (Å²) in [6, 6.07) is 28.2. The smallest absolute Gasteiger partial charge is 0.207 e. The highest BCUT2D eigenvalue weighted by atomic mass is 32.1. The molecule has 0 saturated heterocycles. The topological polar surface area (TPSA) is 3.88 Å². The van der Waals surface area contributed by atoms with E-state index in [1.807, 2.05) is 11.3 Å². The summed E-state index contributed by atoms with van der Waals surface area (Å²) in [6.07, 6.45) is -7.22. The molecule has 0 aliphatic heterocycles. The fraction of sp³-hybridized carbons (Fsp3) is 0.0444. The molecule has 7 aromatic carbocycles.